The third-order valence-electron chi connectivity index (χ3n) is 2.85. The van der Waals surface area contributed by atoms with E-state index < -0.39 is 5.97 Å². The lowest BCUT2D eigenvalue weighted by Crippen LogP contribution is -2.26. The molecule has 1 amide bonds. The van der Waals surface area contributed by atoms with Crippen LogP contribution < -0.4 is 5.32 Å². The highest BCUT2D eigenvalue weighted by Gasteiger charge is 2.13. The van der Waals surface area contributed by atoms with Gasteiger partial charge in [-0.25, -0.2) is 0 Å². The van der Waals surface area contributed by atoms with Crippen LogP contribution in [0.25, 0.3) is 0 Å². The monoisotopic (exact) mass is 317 g/mol. The lowest BCUT2D eigenvalue weighted by molar-refractivity contribution is -0.137. The van der Waals surface area contributed by atoms with Crippen molar-refractivity contribution in [1.82, 2.24) is 5.32 Å². The van der Waals surface area contributed by atoms with E-state index in [1.54, 1.807) is 18.2 Å². The summed E-state index contributed by atoms with van der Waals surface area (Å²) in [5.74, 6) is -0.969. The van der Waals surface area contributed by atoms with Gasteiger partial charge in [-0.15, -0.1) is 0 Å². The van der Waals surface area contributed by atoms with Crippen molar-refractivity contribution >= 4 is 35.1 Å². The normalized spacial score (nSPS) is 11.9. The number of halogens is 2. The van der Waals surface area contributed by atoms with Gasteiger partial charge in [-0.3, -0.25) is 9.59 Å². The molecule has 0 radical (unpaired) electrons. The van der Waals surface area contributed by atoms with E-state index in [1.807, 2.05) is 6.92 Å². The zero-order valence-electron chi connectivity index (χ0n) is 11.2. The average molecular weight is 318 g/mol. The van der Waals surface area contributed by atoms with Gasteiger partial charge in [-0.05, 0) is 43.5 Å². The second-order valence-electron chi connectivity index (χ2n) is 4.56. The van der Waals surface area contributed by atoms with Crippen LogP contribution in [-0.4, -0.2) is 17.0 Å². The third-order valence-corrected chi connectivity index (χ3v) is 3.43. The molecule has 0 fully saturated rings. The van der Waals surface area contributed by atoms with Crippen molar-refractivity contribution < 1.29 is 14.7 Å². The van der Waals surface area contributed by atoms with E-state index in [9.17, 15) is 9.59 Å². The molecule has 4 nitrogen and oxygen atoms in total. The predicted octanol–water partition coefficient (Wildman–Crippen LogP) is 3.82. The molecule has 0 saturated heterocycles. The molecule has 0 aliphatic rings. The summed E-state index contributed by atoms with van der Waals surface area (Å²) in [6.07, 6.45) is 1.43. The number of carbonyl (C=O) groups is 2. The van der Waals surface area contributed by atoms with Gasteiger partial charge in [0.15, 0.2) is 0 Å². The van der Waals surface area contributed by atoms with Gasteiger partial charge >= 0.3 is 5.97 Å². The summed E-state index contributed by atoms with van der Waals surface area (Å²) >= 11 is 12.0. The van der Waals surface area contributed by atoms with Crippen LogP contribution in [0.2, 0.25) is 10.0 Å². The van der Waals surface area contributed by atoms with Crippen molar-refractivity contribution in [3.05, 3.63) is 33.8 Å². The second kappa shape index (κ2) is 8.12. The molecule has 0 spiro atoms. The molecular weight excluding hydrogens is 301 g/mol. The highest BCUT2D eigenvalue weighted by molar-refractivity contribution is 6.33. The zero-order valence-corrected chi connectivity index (χ0v) is 12.7. The molecule has 20 heavy (non-hydrogen) atoms. The van der Waals surface area contributed by atoms with Crippen LogP contribution in [-0.2, 0) is 9.59 Å². The van der Waals surface area contributed by atoms with Crippen LogP contribution in [0.5, 0.6) is 0 Å². The van der Waals surface area contributed by atoms with Crippen LogP contribution in [0.1, 0.15) is 44.2 Å². The lowest BCUT2D eigenvalue weighted by Gasteiger charge is -2.16. The summed E-state index contributed by atoms with van der Waals surface area (Å²) in [6, 6.07) is 4.86. The maximum atomic E-state index is 11.7. The fraction of sp³-hybridized carbons (Fsp3) is 0.429. The number of carboxylic acids is 1. The Morgan fingerprint density at radius 3 is 2.55 bits per heavy atom. The van der Waals surface area contributed by atoms with Crippen LogP contribution in [0.4, 0.5) is 0 Å². The van der Waals surface area contributed by atoms with E-state index in [4.69, 9.17) is 28.3 Å². The molecule has 1 unspecified atom stereocenters. The molecule has 0 saturated carbocycles. The van der Waals surface area contributed by atoms with Gasteiger partial charge in [0, 0.05) is 22.9 Å². The first kappa shape index (κ1) is 16.8. The Morgan fingerprint density at radius 1 is 1.25 bits per heavy atom. The van der Waals surface area contributed by atoms with Gasteiger partial charge in [0.2, 0.25) is 5.91 Å². The average Bonchev–Trinajstić information content (AvgIpc) is 2.37. The zero-order chi connectivity index (χ0) is 15.1. The van der Waals surface area contributed by atoms with E-state index in [1.165, 1.54) is 0 Å². The van der Waals surface area contributed by atoms with E-state index in [-0.39, 0.29) is 18.4 Å². The van der Waals surface area contributed by atoms with E-state index in [0.29, 0.717) is 29.3 Å². The van der Waals surface area contributed by atoms with E-state index in [2.05, 4.69) is 5.32 Å². The highest BCUT2D eigenvalue weighted by Crippen LogP contribution is 2.26. The first-order valence-electron chi connectivity index (χ1n) is 6.36. The summed E-state index contributed by atoms with van der Waals surface area (Å²) in [7, 11) is 0. The number of aliphatic carboxylic acids is 1. The Labute approximate surface area is 128 Å². The topological polar surface area (TPSA) is 66.4 Å². The first-order valence-corrected chi connectivity index (χ1v) is 7.12. The van der Waals surface area contributed by atoms with Crippen LogP contribution in [0.3, 0.4) is 0 Å². The Balaban J connectivity index is 2.45. The quantitative estimate of drug-likeness (QED) is 0.751. The Kier molecular flexibility index (Phi) is 6.82. The summed E-state index contributed by atoms with van der Waals surface area (Å²) in [4.78, 5) is 22.1. The molecule has 6 heteroatoms. The van der Waals surface area contributed by atoms with Crippen molar-refractivity contribution in [3.8, 4) is 0 Å². The number of carboxylic acid groups (broad SMARTS) is 1. The smallest absolute Gasteiger partial charge is 0.303 e. The number of nitrogens with one attached hydrogen (secondary N) is 1. The number of hydrogen-bond donors (Lipinski definition) is 2. The number of carbonyl (C=O) groups excluding carboxylic acids is 1. The Morgan fingerprint density at radius 2 is 1.90 bits per heavy atom. The van der Waals surface area contributed by atoms with Crippen molar-refractivity contribution in [2.24, 2.45) is 0 Å². The lowest BCUT2D eigenvalue weighted by atomic mass is 10.1. The summed E-state index contributed by atoms with van der Waals surface area (Å²) in [5.41, 5.74) is 0.762. The maximum Gasteiger partial charge on any atom is 0.303 e. The number of hydrogen-bond acceptors (Lipinski definition) is 2. The van der Waals surface area contributed by atoms with Gasteiger partial charge in [-0.1, -0.05) is 23.2 Å². The van der Waals surface area contributed by atoms with Crippen molar-refractivity contribution in [2.45, 2.75) is 38.6 Å². The molecule has 1 aromatic rings. The largest absolute Gasteiger partial charge is 0.481 e. The van der Waals surface area contributed by atoms with Gasteiger partial charge in [0.1, 0.15) is 0 Å². The summed E-state index contributed by atoms with van der Waals surface area (Å²) in [6.45, 7) is 1.83. The van der Waals surface area contributed by atoms with Crippen molar-refractivity contribution in [2.75, 3.05) is 0 Å². The highest BCUT2D eigenvalue weighted by atomic mass is 35.5. The molecular formula is C14H17Cl2NO3. The molecule has 1 rings (SSSR count). The fourth-order valence-electron chi connectivity index (χ4n) is 1.80. The summed E-state index contributed by atoms with van der Waals surface area (Å²) in [5, 5.41) is 12.4. The number of rotatable bonds is 7. The molecule has 1 aromatic carbocycles. The fourth-order valence-corrected chi connectivity index (χ4v) is 2.26. The standard InChI is InChI=1S/C14H17Cl2NO3/c1-9(11-8-10(15)6-7-12(11)16)17-13(18)4-2-3-5-14(19)20/h6-9H,2-5H2,1H3,(H,17,18)(H,19,20). The maximum absolute atomic E-state index is 11.7. The first-order chi connectivity index (χ1) is 9.40. The molecule has 2 N–H and O–H groups in total. The molecule has 0 aromatic heterocycles. The minimum Gasteiger partial charge on any atom is -0.481 e. The van der Waals surface area contributed by atoms with Crippen LogP contribution >= 0.6 is 23.2 Å². The minimum absolute atomic E-state index is 0.0863. The number of amides is 1. The van der Waals surface area contributed by atoms with Gasteiger partial charge in [0.25, 0.3) is 0 Å². The van der Waals surface area contributed by atoms with E-state index >= 15 is 0 Å². The summed E-state index contributed by atoms with van der Waals surface area (Å²) < 4.78 is 0. The minimum atomic E-state index is -0.843. The number of unbranched alkanes of at least 4 members (excludes halogenated alkanes) is 1. The SMILES string of the molecule is CC(NC(=O)CCCCC(=O)O)c1cc(Cl)ccc1Cl. The Hall–Kier alpha value is -1.26. The molecule has 110 valence electrons. The Bertz CT molecular complexity index is 491. The predicted molar refractivity (Wildman–Crippen MR) is 79.1 cm³/mol. The van der Waals surface area contributed by atoms with Crippen molar-refractivity contribution in [1.29, 1.82) is 0 Å². The van der Waals surface area contributed by atoms with E-state index in [0.717, 1.165) is 5.56 Å². The van der Waals surface area contributed by atoms with Crippen LogP contribution in [0, 0.1) is 0 Å². The van der Waals surface area contributed by atoms with Crippen molar-refractivity contribution in [3.63, 3.8) is 0 Å². The molecule has 0 bridgehead atoms. The third kappa shape index (κ3) is 5.80. The van der Waals surface area contributed by atoms with Gasteiger partial charge in [-0.2, -0.15) is 0 Å². The molecule has 0 heterocycles. The number of benzene rings is 1. The molecule has 0 aliphatic carbocycles. The second-order valence-corrected chi connectivity index (χ2v) is 5.40. The molecule has 0 aliphatic heterocycles. The molecule has 1 atom stereocenters. The van der Waals surface area contributed by atoms with Gasteiger partial charge in [0.05, 0.1) is 6.04 Å². The van der Waals surface area contributed by atoms with Crippen LogP contribution in [0.15, 0.2) is 18.2 Å². The van der Waals surface area contributed by atoms with Gasteiger partial charge < -0.3 is 10.4 Å².